The van der Waals surface area contributed by atoms with Gasteiger partial charge in [0.15, 0.2) is 0 Å². The molecule has 1 aromatic heterocycles. The molecule has 3 aromatic rings. The predicted octanol–water partition coefficient (Wildman–Crippen LogP) is 5.14. The number of nitrogens with one attached hydrogen (secondary N) is 1. The van der Waals surface area contributed by atoms with Gasteiger partial charge >= 0.3 is 5.91 Å². The van der Waals surface area contributed by atoms with Crippen molar-refractivity contribution in [2.24, 2.45) is 7.05 Å². The predicted molar refractivity (Wildman–Crippen MR) is 141 cm³/mol. The fourth-order valence-electron chi connectivity index (χ4n) is 4.15. The Kier molecular flexibility index (Phi) is 8.66. The quantitative estimate of drug-likeness (QED) is 0.192. The number of amides is 1. The lowest BCUT2D eigenvalue weighted by Crippen LogP contribution is -2.45. The van der Waals surface area contributed by atoms with Gasteiger partial charge in [0, 0.05) is 48.3 Å². The number of hydrogen-bond donors (Lipinski definition) is 1. The molecular formula is C26H25Cl2N5O4. The minimum absolute atomic E-state index is 0.0828. The van der Waals surface area contributed by atoms with Crippen LogP contribution >= 0.6 is 23.2 Å². The van der Waals surface area contributed by atoms with E-state index in [4.69, 9.17) is 28.2 Å². The molecule has 37 heavy (non-hydrogen) atoms. The molecule has 1 aliphatic heterocycles. The SMILES string of the molecule is Cn1c(C(=O)NN2CCCCC2)nc(-c2ccc(Cl)cc2Cl)c1-c1ccc(C#CCCO[N+](=O)[O-])cc1. The summed E-state index contributed by atoms with van der Waals surface area (Å²) in [6.07, 6.45) is 3.47. The summed E-state index contributed by atoms with van der Waals surface area (Å²) < 4.78 is 1.76. The van der Waals surface area contributed by atoms with Crippen molar-refractivity contribution in [1.29, 1.82) is 0 Å². The average molecular weight is 542 g/mol. The fourth-order valence-corrected chi connectivity index (χ4v) is 4.65. The third kappa shape index (κ3) is 6.60. The van der Waals surface area contributed by atoms with E-state index in [0.717, 1.165) is 43.5 Å². The van der Waals surface area contributed by atoms with Gasteiger partial charge in [0.1, 0.15) is 6.61 Å². The number of imidazole rings is 1. The van der Waals surface area contributed by atoms with Crippen LogP contribution in [0.1, 0.15) is 41.9 Å². The number of hydrazine groups is 1. The first kappa shape index (κ1) is 26.5. The molecule has 9 nitrogen and oxygen atoms in total. The molecule has 2 aromatic carbocycles. The van der Waals surface area contributed by atoms with Gasteiger partial charge in [0.2, 0.25) is 5.82 Å². The van der Waals surface area contributed by atoms with Gasteiger partial charge < -0.3 is 9.40 Å². The zero-order valence-electron chi connectivity index (χ0n) is 20.2. The van der Waals surface area contributed by atoms with Crippen molar-refractivity contribution < 1.29 is 14.7 Å². The van der Waals surface area contributed by atoms with Crippen LogP contribution in [0.4, 0.5) is 0 Å². The van der Waals surface area contributed by atoms with E-state index in [0.29, 0.717) is 27.0 Å². The normalized spacial score (nSPS) is 13.5. The Labute approximate surface area is 224 Å². The van der Waals surface area contributed by atoms with Gasteiger partial charge in [0.25, 0.3) is 5.09 Å². The molecule has 0 unspecified atom stereocenters. The van der Waals surface area contributed by atoms with Gasteiger partial charge in [-0.1, -0.05) is 53.6 Å². The lowest BCUT2D eigenvalue weighted by Gasteiger charge is -2.26. The second-order valence-electron chi connectivity index (χ2n) is 8.49. The largest absolute Gasteiger partial charge is 0.322 e. The molecule has 2 heterocycles. The van der Waals surface area contributed by atoms with Gasteiger partial charge in [-0.3, -0.25) is 10.2 Å². The molecule has 192 valence electrons. The van der Waals surface area contributed by atoms with Crippen molar-refractivity contribution in [1.82, 2.24) is 20.0 Å². The Bertz CT molecular complexity index is 1360. The first-order valence-corrected chi connectivity index (χ1v) is 12.5. The zero-order chi connectivity index (χ0) is 26.4. The first-order chi connectivity index (χ1) is 17.8. The fraction of sp³-hybridized carbons (Fsp3) is 0.308. The lowest BCUT2D eigenvalue weighted by molar-refractivity contribution is -0.757. The summed E-state index contributed by atoms with van der Waals surface area (Å²) in [6.45, 7) is 1.53. The third-order valence-corrected chi connectivity index (χ3v) is 6.46. The van der Waals surface area contributed by atoms with Gasteiger partial charge in [-0.25, -0.2) is 9.99 Å². The van der Waals surface area contributed by atoms with E-state index in [1.165, 1.54) is 0 Å². The van der Waals surface area contributed by atoms with Crippen molar-refractivity contribution in [3.63, 3.8) is 0 Å². The highest BCUT2D eigenvalue weighted by Gasteiger charge is 2.25. The summed E-state index contributed by atoms with van der Waals surface area (Å²) in [5, 5.41) is 12.2. The Balaban J connectivity index is 1.67. The minimum atomic E-state index is -0.837. The Hall–Kier alpha value is -3.58. The van der Waals surface area contributed by atoms with Crippen LogP contribution in [0.3, 0.4) is 0 Å². The standard InChI is InChI=1S/C26H25Cl2N5O4/c1-31-24(19-10-8-18(9-11-19)7-3-6-16-37-33(35)36)23(21-13-12-20(27)17-22(21)28)29-25(31)26(34)30-32-14-4-2-5-15-32/h8-13,17H,2,4-6,14-16H2,1H3,(H,30,34). The van der Waals surface area contributed by atoms with E-state index in [1.807, 2.05) is 29.3 Å². The molecular weight excluding hydrogens is 517 g/mol. The molecule has 0 atom stereocenters. The van der Waals surface area contributed by atoms with E-state index in [9.17, 15) is 14.9 Å². The Morgan fingerprint density at radius 3 is 2.57 bits per heavy atom. The smallest absolute Gasteiger partial charge is 0.301 e. The Morgan fingerprint density at radius 2 is 1.89 bits per heavy atom. The van der Waals surface area contributed by atoms with Crippen LogP contribution < -0.4 is 5.43 Å². The van der Waals surface area contributed by atoms with Gasteiger partial charge in [-0.15, -0.1) is 10.1 Å². The van der Waals surface area contributed by atoms with E-state index in [1.54, 1.807) is 29.8 Å². The highest BCUT2D eigenvalue weighted by atomic mass is 35.5. The molecule has 0 radical (unpaired) electrons. The minimum Gasteiger partial charge on any atom is -0.322 e. The topological polar surface area (TPSA) is 103 Å². The molecule has 0 bridgehead atoms. The van der Waals surface area contributed by atoms with Crippen LogP contribution in [-0.2, 0) is 11.9 Å². The molecule has 1 N–H and O–H groups in total. The summed E-state index contributed by atoms with van der Waals surface area (Å²) in [5.41, 5.74) is 6.46. The average Bonchev–Trinajstić information content (AvgIpc) is 3.21. The highest BCUT2D eigenvalue weighted by molar-refractivity contribution is 6.36. The Morgan fingerprint density at radius 1 is 1.16 bits per heavy atom. The lowest BCUT2D eigenvalue weighted by atomic mass is 10.0. The van der Waals surface area contributed by atoms with Crippen molar-refractivity contribution in [3.8, 4) is 34.4 Å². The van der Waals surface area contributed by atoms with E-state index in [2.05, 4.69) is 22.1 Å². The van der Waals surface area contributed by atoms with Crippen LogP contribution in [0.5, 0.6) is 0 Å². The zero-order valence-corrected chi connectivity index (χ0v) is 21.7. The van der Waals surface area contributed by atoms with Crippen molar-refractivity contribution in [2.75, 3.05) is 19.7 Å². The number of benzene rings is 2. The summed E-state index contributed by atoms with van der Waals surface area (Å²) in [6, 6.07) is 12.6. The number of carbonyl (C=O) groups is 1. The number of aromatic nitrogens is 2. The molecule has 1 fully saturated rings. The van der Waals surface area contributed by atoms with Crippen LogP contribution in [0.15, 0.2) is 42.5 Å². The maximum atomic E-state index is 13.2. The number of nitrogens with zero attached hydrogens (tertiary/aromatic N) is 4. The summed E-state index contributed by atoms with van der Waals surface area (Å²) in [4.78, 5) is 32.4. The van der Waals surface area contributed by atoms with Crippen LogP contribution in [-0.4, -0.2) is 45.3 Å². The molecule has 0 aliphatic carbocycles. The number of hydrogen-bond acceptors (Lipinski definition) is 6. The van der Waals surface area contributed by atoms with Crippen LogP contribution in [0.2, 0.25) is 10.0 Å². The molecule has 1 aliphatic rings. The third-order valence-electron chi connectivity index (χ3n) is 5.92. The summed E-state index contributed by atoms with van der Waals surface area (Å²) in [5.74, 6) is 5.78. The molecule has 0 saturated carbocycles. The molecule has 1 saturated heterocycles. The highest BCUT2D eigenvalue weighted by Crippen LogP contribution is 2.37. The second kappa shape index (κ2) is 12.1. The molecule has 1 amide bonds. The number of rotatable bonds is 7. The monoisotopic (exact) mass is 541 g/mol. The van der Waals surface area contributed by atoms with E-state index >= 15 is 0 Å². The summed E-state index contributed by atoms with van der Waals surface area (Å²) >= 11 is 12.7. The number of piperidine rings is 1. The van der Waals surface area contributed by atoms with E-state index < -0.39 is 5.09 Å². The van der Waals surface area contributed by atoms with E-state index in [-0.39, 0.29) is 24.8 Å². The van der Waals surface area contributed by atoms with Crippen molar-refractivity contribution in [2.45, 2.75) is 25.7 Å². The van der Waals surface area contributed by atoms with Crippen LogP contribution in [0.25, 0.3) is 22.5 Å². The molecule has 4 rings (SSSR count). The summed E-state index contributed by atoms with van der Waals surface area (Å²) in [7, 11) is 1.80. The number of halogens is 2. The van der Waals surface area contributed by atoms with Crippen LogP contribution in [0, 0.1) is 22.0 Å². The second-order valence-corrected chi connectivity index (χ2v) is 9.33. The maximum Gasteiger partial charge on any atom is 0.301 e. The maximum absolute atomic E-state index is 13.2. The van der Waals surface area contributed by atoms with Gasteiger partial charge in [-0.2, -0.15) is 0 Å². The first-order valence-electron chi connectivity index (χ1n) is 11.8. The van der Waals surface area contributed by atoms with Gasteiger partial charge in [0.05, 0.1) is 16.4 Å². The van der Waals surface area contributed by atoms with Crippen molar-refractivity contribution in [3.05, 3.63) is 74.0 Å². The molecule has 0 spiro atoms. The molecule has 11 heteroatoms. The van der Waals surface area contributed by atoms with Crippen molar-refractivity contribution >= 4 is 29.1 Å². The van der Waals surface area contributed by atoms with Gasteiger partial charge in [-0.05, 0) is 43.2 Å². The number of carbonyl (C=O) groups excluding carboxylic acids is 1.